The van der Waals surface area contributed by atoms with Crippen LogP contribution < -0.4 is 10.6 Å². The maximum Gasteiger partial charge on any atom is 0.191 e. The Morgan fingerprint density at radius 1 is 1.36 bits per heavy atom. The predicted molar refractivity (Wildman–Crippen MR) is 114 cm³/mol. The summed E-state index contributed by atoms with van der Waals surface area (Å²) in [6.45, 7) is 5.60. The highest BCUT2D eigenvalue weighted by molar-refractivity contribution is 14.0. The van der Waals surface area contributed by atoms with E-state index >= 15 is 0 Å². The molecule has 0 aliphatic heterocycles. The summed E-state index contributed by atoms with van der Waals surface area (Å²) in [5, 5.41) is 8.08. The molecule has 0 radical (unpaired) electrons. The molecule has 5 nitrogen and oxygen atoms in total. The van der Waals surface area contributed by atoms with Crippen molar-refractivity contribution in [3.63, 3.8) is 0 Å². The van der Waals surface area contributed by atoms with E-state index in [1.54, 1.807) is 17.6 Å². The van der Waals surface area contributed by atoms with Crippen LogP contribution in [0.1, 0.15) is 47.0 Å². The summed E-state index contributed by atoms with van der Waals surface area (Å²) in [5.41, 5.74) is 1.11. The van der Waals surface area contributed by atoms with E-state index in [0.29, 0.717) is 12.6 Å². The van der Waals surface area contributed by atoms with Gasteiger partial charge in [0.2, 0.25) is 0 Å². The van der Waals surface area contributed by atoms with Crippen molar-refractivity contribution < 1.29 is 4.42 Å². The van der Waals surface area contributed by atoms with Gasteiger partial charge in [0.05, 0.1) is 18.5 Å². The third kappa shape index (κ3) is 6.29. The zero-order valence-corrected chi connectivity index (χ0v) is 18.0. The molecule has 2 heterocycles. The normalized spacial score (nSPS) is 15.2. The molecule has 0 aromatic carbocycles. The lowest BCUT2D eigenvalue weighted by Crippen LogP contribution is -2.43. The number of halogens is 1. The van der Waals surface area contributed by atoms with Crippen LogP contribution in [0.3, 0.4) is 0 Å². The van der Waals surface area contributed by atoms with Crippen LogP contribution in [0.5, 0.6) is 0 Å². The summed E-state index contributed by atoms with van der Waals surface area (Å²) in [4.78, 5) is 10.6. The number of aromatic nitrogens is 1. The molecule has 0 atom stereocenters. The Morgan fingerprint density at radius 2 is 2.16 bits per heavy atom. The Labute approximate surface area is 170 Å². The van der Waals surface area contributed by atoms with Gasteiger partial charge in [0.25, 0.3) is 0 Å². The molecule has 2 aromatic rings. The first-order chi connectivity index (χ1) is 11.7. The zero-order chi connectivity index (χ0) is 16.8. The molecule has 0 bridgehead atoms. The minimum Gasteiger partial charge on any atom is -0.469 e. The smallest absolute Gasteiger partial charge is 0.191 e. The van der Waals surface area contributed by atoms with Gasteiger partial charge in [-0.05, 0) is 38.8 Å². The fraction of sp³-hybridized carbons (Fsp3) is 0.556. The van der Waals surface area contributed by atoms with Crippen molar-refractivity contribution in [3.8, 4) is 0 Å². The number of thiazole rings is 1. The van der Waals surface area contributed by atoms with Crippen LogP contribution in [0.15, 0.2) is 27.8 Å². The van der Waals surface area contributed by atoms with Crippen LogP contribution in [-0.4, -0.2) is 23.5 Å². The maximum absolute atomic E-state index is 5.39. The molecule has 0 saturated heterocycles. The molecule has 7 heteroatoms. The Balaban J connectivity index is 0.00000225. The monoisotopic (exact) mass is 474 g/mol. The van der Waals surface area contributed by atoms with Gasteiger partial charge < -0.3 is 15.1 Å². The van der Waals surface area contributed by atoms with Crippen LogP contribution in [-0.2, 0) is 13.0 Å². The van der Waals surface area contributed by atoms with E-state index in [1.165, 1.54) is 30.6 Å². The molecule has 0 amide bonds. The molecular formula is C18H27IN4OS. The van der Waals surface area contributed by atoms with E-state index in [-0.39, 0.29) is 24.0 Å². The summed E-state index contributed by atoms with van der Waals surface area (Å²) in [5.74, 6) is 1.88. The summed E-state index contributed by atoms with van der Waals surface area (Å²) in [7, 11) is 0. The Morgan fingerprint density at radius 3 is 2.80 bits per heavy atom. The fourth-order valence-corrected chi connectivity index (χ4v) is 3.79. The first-order valence-electron chi connectivity index (χ1n) is 8.71. The van der Waals surface area contributed by atoms with E-state index < -0.39 is 0 Å². The van der Waals surface area contributed by atoms with Gasteiger partial charge in [0, 0.05) is 23.9 Å². The highest BCUT2D eigenvalue weighted by Crippen LogP contribution is 2.18. The second-order valence-electron chi connectivity index (χ2n) is 6.30. The number of hydrogen-bond acceptors (Lipinski definition) is 4. The number of hydrogen-bond donors (Lipinski definition) is 2. The van der Waals surface area contributed by atoms with Crippen molar-refractivity contribution in [3.05, 3.63) is 39.7 Å². The highest BCUT2D eigenvalue weighted by atomic mass is 127. The lowest BCUT2D eigenvalue weighted by Gasteiger charge is -2.17. The van der Waals surface area contributed by atoms with Gasteiger partial charge in [0.15, 0.2) is 5.96 Å². The molecule has 1 saturated carbocycles. The number of aliphatic imine (C=N–C) groups is 1. The van der Waals surface area contributed by atoms with Crippen molar-refractivity contribution in [2.24, 2.45) is 4.99 Å². The quantitative estimate of drug-likeness (QED) is 0.375. The number of aryl methyl sites for hydroxylation is 2. The SMILES string of the molecule is Cc1nc(CN=C(NCCc2ccco2)NC2CCCC2)sc1C.I. The standard InChI is InChI=1S/C18H26N4OS.HI/c1-13-14(2)24-17(21-13)12-20-18(22-15-6-3-4-7-15)19-10-9-16-8-5-11-23-16;/h5,8,11,15H,3-4,6-7,9-10,12H2,1-2H3,(H2,19,20,22);1H. The average molecular weight is 474 g/mol. The van der Waals surface area contributed by atoms with Gasteiger partial charge in [-0.3, -0.25) is 0 Å². The van der Waals surface area contributed by atoms with Crippen LogP contribution in [0.2, 0.25) is 0 Å². The largest absolute Gasteiger partial charge is 0.469 e. The summed E-state index contributed by atoms with van der Waals surface area (Å²) < 4.78 is 5.39. The van der Waals surface area contributed by atoms with Crippen molar-refractivity contribution in [2.45, 2.75) is 58.5 Å². The van der Waals surface area contributed by atoms with Crippen LogP contribution in [0.25, 0.3) is 0 Å². The molecule has 25 heavy (non-hydrogen) atoms. The minimum absolute atomic E-state index is 0. The van der Waals surface area contributed by atoms with Crippen LogP contribution in [0, 0.1) is 13.8 Å². The second-order valence-corrected chi connectivity index (χ2v) is 7.58. The maximum atomic E-state index is 5.39. The van der Waals surface area contributed by atoms with E-state index in [4.69, 9.17) is 9.41 Å². The molecule has 0 unspecified atom stereocenters. The van der Waals surface area contributed by atoms with Crippen LogP contribution in [0.4, 0.5) is 0 Å². The van der Waals surface area contributed by atoms with E-state index in [1.807, 2.05) is 12.1 Å². The highest BCUT2D eigenvalue weighted by Gasteiger charge is 2.16. The fourth-order valence-electron chi connectivity index (χ4n) is 2.93. The van der Waals surface area contributed by atoms with Crippen LogP contribution >= 0.6 is 35.3 Å². The topological polar surface area (TPSA) is 62.5 Å². The second kappa shape index (κ2) is 10.2. The molecular weight excluding hydrogens is 447 g/mol. The van der Waals surface area contributed by atoms with E-state index in [0.717, 1.165) is 35.4 Å². The Bertz CT molecular complexity index is 643. The van der Waals surface area contributed by atoms with Gasteiger partial charge in [-0.25, -0.2) is 9.98 Å². The van der Waals surface area contributed by atoms with Gasteiger partial charge >= 0.3 is 0 Å². The van der Waals surface area contributed by atoms with E-state index in [9.17, 15) is 0 Å². The Hall–Kier alpha value is -1.09. The van der Waals surface area contributed by atoms with E-state index in [2.05, 4.69) is 29.5 Å². The first kappa shape index (κ1) is 20.2. The summed E-state index contributed by atoms with van der Waals surface area (Å²) in [6.07, 6.45) is 7.65. The molecule has 0 spiro atoms. The zero-order valence-electron chi connectivity index (χ0n) is 14.9. The minimum atomic E-state index is 0. The van der Waals surface area contributed by atoms with Gasteiger partial charge in [-0.1, -0.05) is 12.8 Å². The molecule has 3 rings (SSSR count). The third-order valence-electron chi connectivity index (χ3n) is 4.39. The molecule has 1 aliphatic carbocycles. The summed E-state index contributed by atoms with van der Waals surface area (Å²) >= 11 is 1.73. The number of nitrogens with one attached hydrogen (secondary N) is 2. The van der Waals surface area contributed by atoms with Crippen molar-refractivity contribution in [1.82, 2.24) is 15.6 Å². The van der Waals surface area contributed by atoms with Gasteiger partial charge in [0.1, 0.15) is 10.8 Å². The Kier molecular flexibility index (Phi) is 8.21. The predicted octanol–water partition coefficient (Wildman–Crippen LogP) is 4.19. The number of furan rings is 1. The number of guanidine groups is 1. The van der Waals surface area contributed by atoms with Crippen molar-refractivity contribution in [1.29, 1.82) is 0 Å². The lowest BCUT2D eigenvalue weighted by atomic mass is 10.2. The molecule has 1 fully saturated rings. The van der Waals surface area contributed by atoms with Gasteiger partial charge in [-0.2, -0.15) is 0 Å². The first-order valence-corrected chi connectivity index (χ1v) is 9.52. The van der Waals surface area contributed by atoms with Gasteiger partial charge in [-0.15, -0.1) is 35.3 Å². The summed E-state index contributed by atoms with van der Waals surface area (Å²) in [6, 6.07) is 4.47. The lowest BCUT2D eigenvalue weighted by molar-refractivity contribution is 0.506. The molecule has 138 valence electrons. The number of rotatable bonds is 6. The van der Waals surface area contributed by atoms with Crippen molar-refractivity contribution in [2.75, 3.05) is 6.54 Å². The van der Waals surface area contributed by atoms with Crippen molar-refractivity contribution >= 4 is 41.3 Å². The molecule has 1 aliphatic rings. The molecule has 2 N–H and O–H groups in total. The average Bonchev–Trinajstić information content (AvgIpc) is 3.29. The number of nitrogens with zero attached hydrogens (tertiary/aromatic N) is 2. The third-order valence-corrected chi connectivity index (χ3v) is 5.44. The molecule has 2 aromatic heterocycles.